The molecule has 0 unspecified atom stereocenters. The summed E-state index contributed by atoms with van der Waals surface area (Å²) in [5.41, 5.74) is 8.79. The first-order chi connectivity index (χ1) is 15.3. The highest BCUT2D eigenvalue weighted by Crippen LogP contribution is 2.11. The van der Waals surface area contributed by atoms with Gasteiger partial charge in [-0.15, -0.1) is 0 Å². The zero-order valence-electron chi connectivity index (χ0n) is 19.5. The lowest BCUT2D eigenvalue weighted by Crippen LogP contribution is -2.25. The molecule has 6 heteroatoms. The fourth-order valence-electron chi connectivity index (χ4n) is 3.09. The Bertz CT molecular complexity index is 842. The summed E-state index contributed by atoms with van der Waals surface area (Å²) < 4.78 is 0. The number of nitrogens with one attached hydrogen (secondary N) is 2. The van der Waals surface area contributed by atoms with Gasteiger partial charge in [-0.2, -0.15) is 10.2 Å². The minimum atomic E-state index is -0.299. The highest BCUT2D eigenvalue weighted by Gasteiger charge is 2.11. The van der Waals surface area contributed by atoms with Crippen LogP contribution in [0.5, 0.6) is 0 Å². The van der Waals surface area contributed by atoms with E-state index in [1.54, 1.807) is 0 Å². The largest absolute Gasteiger partial charge is 0.273 e. The number of nitrogens with zero attached hydrogens (tertiary/aromatic N) is 2. The lowest BCUT2D eigenvalue weighted by Gasteiger charge is -2.10. The summed E-state index contributed by atoms with van der Waals surface area (Å²) in [6.45, 7) is 8.42. The second-order valence-electron chi connectivity index (χ2n) is 8.61. The lowest BCUT2D eigenvalue weighted by atomic mass is 10.0. The molecule has 0 atom stereocenters. The molecule has 0 saturated carbocycles. The van der Waals surface area contributed by atoms with Gasteiger partial charge in [-0.3, -0.25) is 9.59 Å². The summed E-state index contributed by atoms with van der Waals surface area (Å²) in [4.78, 5) is 24.5. The van der Waals surface area contributed by atoms with Crippen molar-refractivity contribution in [2.45, 2.75) is 53.4 Å². The fraction of sp³-hybridized carbons (Fsp3) is 0.385. The van der Waals surface area contributed by atoms with Crippen LogP contribution in [0.4, 0.5) is 0 Å². The zero-order valence-corrected chi connectivity index (χ0v) is 19.5. The van der Waals surface area contributed by atoms with Crippen molar-refractivity contribution in [3.8, 4) is 0 Å². The number of hydrogen-bond acceptors (Lipinski definition) is 4. The predicted octanol–water partition coefficient (Wildman–Crippen LogP) is 4.90. The number of benzene rings is 2. The third kappa shape index (κ3) is 9.25. The SMILES string of the molecule is CC(C)C/C(=N\NC(=O)CCC(=O)N/N=C(\CC(C)C)c1ccccc1)c1ccccc1. The first-order valence-corrected chi connectivity index (χ1v) is 11.2. The molecule has 6 nitrogen and oxygen atoms in total. The molecule has 2 rings (SSSR count). The first-order valence-electron chi connectivity index (χ1n) is 11.2. The molecule has 0 radical (unpaired) electrons. The molecule has 0 aliphatic rings. The van der Waals surface area contributed by atoms with Crippen LogP contribution in [-0.4, -0.2) is 23.2 Å². The number of carbonyl (C=O) groups is 2. The smallest absolute Gasteiger partial charge is 0.240 e. The summed E-state index contributed by atoms with van der Waals surface area (Å²) >= 11 is 0. The van der Waals surface area contributed by atoms with Crippen molar-refractivity contribution < 1.29 is 9.59 Å². The van der Waals surface area contributed by atoms with E-state index in [2.05, 4.69) is 48.7 Å². The molecule has 0 spiro atoms. The highest BCUT2D eigenvalue weighted by atomic mass is 16.2. The zero-order chi connectivity index (χ0) is 23.3. The van der Waals surface area contributed by atoms with E-state index in [0.29, 0.717) is 11.8 Å². The number of amides is 2. The van der Waals surface area contributed by atoms with Crippen molar-refractivity contribution in [3.63, 3.8) is 0 Å². The lowest BCUT2D eigenvalue weighted by molar-refractivity contribution is -0.126. The predicted molar refractivity (Wildman–Crippen MR) is 130 cm³/mol. The van der Waals surface area contributed by atoms with Crippen LogP contribution in [0.15, 0.2) is 70.9 Å². The van der Waals surface area contributed by atoms with Crippen molar-refractivity contribution >= 4 is 23.2 Å². The van der Waals surface area contributed by atoms with Gasteiger partial charge < -0.3 is 0 Å². The Balaban J connectivity index is 1.91. The minimum Gasteiger partial charge on any atom is -0.273 e. The summed E-state index contributed by atoms with van der Waals surface area (Å²) in [5.74, 6) is 0.205. The summed E-state index contributed by atoms with van der Waals surface area (Å²) in [7, 11) is 0. The van der Waals surface area contributed by atoms with E-state index in [-0.39, 0.29) is 24.7 Å². The number of rotatable bonds is 11. The molecule has 0 aromatic heterocycles. The van der Waals surface area contributed by atoms with E-state index in [4.69, 9.17) is 0 Å². The number of hydrogen-bond donors (Lipinski definition) is 2. The van der Waals surface area contributed by atoms with Crippen LogP contribution < -0.4 is 10.9 Å². The average molecular weight is 435 g/mol. The van der Waals surface area contributed by atoms with E-state index >= 15 is 0 Å². The molecule has 0 heterocycles. The van der Waals surface area contributed by atoms with E-state index in [9.17, 15) is 9.59 Å². The standard InChI is InChI=1S/C26H34N4O2/c1-19(2)17-23(21-11-7-5-8-12-21)27-29-25(31)15-16-26(32)30-28-24(18-20(3)4)22-13-9-6-10-14-22/h5-14,19-20H,15-18H2,1-4H3,(H,29,31)(H,30,32)/b27-23+,28-24+. The van der Waals surface area contributed by atoms with E-state index in [1.807, 2.05) is 60.7 Å². The van der Waals surface area contributed by atoms with Crippen molar-refractivity contribution in [3.05, 3.63) is 71.8 Å². The van der Waals surface area contributed by atoms with Gasteiger partial charge in [-0.1, -0.05) is 88.4 Å². The maximum absolute atomic E-state index is 12.2. The molecule has 2 N–H and O–H groups in total. The molecule has 0 fully saturated rings. The molecular formula is C26H34N4O2. The van der Waals surface area contributed by atoms with Crippen molar-refractivity contribution in [2.75, 3.05) is 0 Å². The van der Waals surface area contributed by atoms with Gasteiger partial charge in [0.25, 0.3) is 0 Å². The molecule has 2 aromatic carbocycles. The Morgan fingerprint density at radius 1 is 0.656 bits per heavy atom. The normalized spacial score (nSPS) is 12.2. The average Bonchev–Trinajstić information content (AvgIpc) is 2.78. The molecule has 0 aliphatic heterocycles. The molecular weight excluding hydrogens is 400 g/mol. The molecule has 32 heavy (non-hydrogen) atoms. The number of carbonyl (C=O) groups excluding carboxylic acids is 2. The maximum atomic E-state index is 12.2. The molecule has 0 aliphatic carbocycles. The molecule has 170 valence electrons. The van der Waals surface area contributed by atoms with Crippen LogP contribution in [0.1, 0.15) is 64.5 Å². The van der Waals surface area contributed by atoms with Gasteiger partial charge in [-0.05, 0) is 35.8 Å². The third-order valence-electron chi connectivity index (χ3n) is 4.63. The van der Waals surface area contributed by atoms with E-state index in [1.165, 1.54) is 0 Å². The Labute approximate surface area is 191 Å². The Kier molecular flexibility index (Phi) is 10.3. The van der Waals surface area contributed by atoms with Gasteiger partial charge in [-0.25, -0.2) is 10.9 Å². The quantitative estimate of drug-likeness (QED) is 0.389. The van der Waals surface area contributed by atoms with Gasteiger partial charge in [0.15, 0.2) is 0 Å². The first kappa shape index (κ1) is 25.0. The van der Waals surface area contributed by atoms with Crippen LogP contribution in [0, 0.1) is 11.8 Å². The summed E-state index contributed by atoms with van der Waals surface area (Å²) in [5, 5.41) is 8.63. The van der Waals surface area contributed by atoms with Crippen LogP contribution in [0.3, 0.4) is 0 Å². The van der Waals surface area contributed by atoms with Crippen molar-refractivity contribution in [1.82, 2.24) is 10.9 Å². The van der Waals surface area contributed by atoms with Gasteiger partial charge in [0.2, 0.25) is 11.8 Å². The van der Waals surface area contributed by atoms with E-state index < -0.39 is 0 Å². The highest BCUT2D eigenvalue weighted by molar-refractivity contribution is 6.02. The van der Waals surface area contributed by atoms with Crippen LogP contribution in [-0.2, 0) is 9.59 Å². The maximum Gasteiger partial charge on any atom is 0.240 e. The number of hydrazone groups is 2. The van der Waals surface area contributed by atoms with Crippen LogP contribution in [0.2, 0.25) is 0 Å². The summed E-state index contributed by atoms with van der Waals surface area (Å²) in [6, 6.07) is 19.6. The molecule has 0 saturated heterocycles. The van der Waals surface area contributed by atoms with Gasteiger partial charge in [0, 0.05) is 12.8 Å². The molecule has 2 amide bonds. The third-order valence-corrected chi connectivity index (χ3v) is 4.63. The second-order valence-corrected chi connectivity index (χ2v) is 8.61. The Morgan fingerprint density at radius 3 is 1.31 bits per heavy atom. The molecule has 0 bridgehead atoms. The Morgan fingerprint density at radius 2 is 1.00 bits per heavy atom. The minimum absolute atomic E-state index is 0.0411. The van der Waals surface area contributed by atoms with Crippen molar-refractivity contribution in [2.24, 2.45) is 22.0 Å². The summed E-state index contributed by atoms with van der Waals surface area (Å²) in [6.07, 6.45) is 1.58. The van der Waals surface area contributed by atoms with Crippen LogP contribution >= 0.6 is 0 Å². The van der Waals surface area contributed by atoms with Crippen LogP contribution in [0.25, 0.3) is 0 Å². The van der Waals surface area contributed by atoms with Crippen molar-refractivity contribution in [1.29, 1.82) is 0 Å². The van der Waals surface area contributed by atoms with Gasteiger partial charge in [0.05, 0.1) is 11.4 Å². The van der Waals surface area contributed by atoms with Gasteiger partial charge >= 0.3 is 0 Å². The van der Waals surface area contributed by atoms with Gasteiger partial charge in [0.1, 0.15) is 0 Å². The molecule has 2 aromatic rings. The monoisotopic (exact) mass is 434 g/mol. The fourth-order valence-corrected chi connectivity index (χ4v) is 3.09. The second kappa shape index (κ2) is 13.2. The topological polar surface area (TPSA) is 82.9 Å². The van der Waals surface area contributed by atoms with E-state index in [0.717, 1.165) is 35.4 Å². The Hall–Kier alpha value is -3.28.